The molecule has 7 amide bonds. The first kappa shape index (κ1) is 92.1. The number of halogens is 1. The molecular formula is C65H125ClN8O16Si3. The number of hydrogen-bond donors (Lipinski definition) is 8. The molecule has 1 aromatic carbocycles. The van der Waals surface area contributed by atoms with E-state index in [-0.39, 0.29) is 90.4 Å². The number of ether oxygens (including phenoxy) is 5. The zero-order valence-corrected chi connectivity index (χ0v) is 65.0. The van der Waals surface area contributed by atoms with E-state index in [0.717, 1.165) is 0 Å². The Hall–Kier alpha value is -5.11. The van der Waals surface area contributed by atoms with Crippen LogP contribution in [0.1, 0.15) is 171 Å². The fraction of sp³-hybridized carbons (Fsp3) is 0.738. The van der Waals surface area contributed by atoms with E-state index in [1.807, 2.05) is 20.8 Å². The Bertz CT molecular complexity index is 2420. The van der Waals surface area contributed by atoms with Crippen molar-refractivity contribution in [1.29, 1.82) is 0 Å². The summed E-state index contributed by atoms with van der Waals surface area (Å²) in [6.45, 7) is 58.7. The van der Waals surface area contributed by atoms with Crippen LogP contribution in [-0.4, -0.2) is 184 Å². The second-order valence-electron chi connectivity index (χ2n) is 30.0. The number of carbonyl (C=O) groups excluding carboxylic acids is 7. The molecule has 0 saturated heterocycles. The number of nitrogens with one attached hydrogen (secondary N) is 5. The quantitative estimate of drug-likeness (QED) is 0.0167. The van der Waals surface area contributed by atoms with Gasteiger partial charge in [-0.25, -0.2) is 24.0 Å². The summed E-state index contributed by atoms with van der Waals surface area (Å²) in [5.41, 5.74) is 10.3. The van der Waals surface area contributed by atoms with Crippen LogP contribution >= 0.6 is 12.4 Å². The molecule has 1 aliphatic heterocycles. The molecule has 93 heavy (non-hydrogen) atoms. The second kappa shape index (κ2) is 41.8. The van der Waals surface area contributed by atoms with Crippen LogP contribution in [-0.2, 0) is 37.0 Å². The summed E-state index contributed by atoms with van der Waals surface area (Å²) in [6.07, 6.45) is 2.52. The third-order valence-electron chi connectivity index (χ3n) is 15.1. The van der Waals surface area contributed by atoms with E-state index >= 15 is 0 Å². The van der Waals surface area contributed by atoms with Gasteiger partial charge in [0.1, 0.15) is 30.0 Å². The molecule has 24 nitrogen and oxygen atoms in total. The predicted molar refractivity (Wildman–Crippen MR) is 380 cm³/mol. The van der Waals surface area contributed by atoms with Gasteiger partial charge in [-0.1, -0.05) is 99.8 Å². The van der Waals surface area contributed by atoms with Gasteiger partial charge in [0.25, 0.3) is 11.8 Å². The van der Waals surface area contributed by atoms with Crippen LogP contribution in [0.3, 0.4) is 0 Å². The molecule has 10 N–H and O–H groups in total. The molecule has 1 aromatic rings. The number of nitrogens with zero attached hydrogens (tertiary/aromatic N) is 1. The van der Waals surface area contributed by atoms with Crippen LogP contribution in [0, 0.1) is 0 Å². The van der Waals surface area contributed by atoms with Crippen LogP contribution in [0.5, 0.6) is 0 Å². The lowest BCUT2D eigenvalue weighted by molar-refractivity contribution is 0.0457. The number of carbonyl (C=O) groups is 7. The van der Waals surface area contributed by atoms with Crippen molar-refractivity contribution in [2.45, 2.75) is 246 Å². The van der Waals surface area contributed by atoms with Gasteiger partial charge in [0.05, 0.1) is 23.2 Å². The number of aliphatic hydroxyl groups is 1. The normalized spacial score (nSPS) is 14.1. The van der Waals surface area contributed by atoms with Crippen molar-refractivity contribution in [3.63, 3.8) is 0 Å². The van der Waals surface area contributed by atoms with Crippen molar-refractivity contribution in [3.8, 4) is 0 Å². The first-order valence-electron chi connectivity index (χ1n) is 31.7. The molecular weight excluding hydrogens is 1270 g/mol. The summed E-state index contributed by atoms with van der Waals surface area (Å²) >= 11 is 0. The van der Waals surface area contributed by atoms with Crippen LogP contribution in [0.25, 0.3) is 0 Å². The van der Waals surface area contributed by atoms with Crippen LogP contribution < -0.4 is 38.1 Å². The molecule has 0 aromatic heterocycles. The zero-order valence-electron chi connectivity index (χ0n) is 61.2. The average molecular weight is 1390 g/mol. The summed E-state index contributed by atoms with van der Waals surface area (Å²) < 4.78 is 44.0. The molecule has 0 radical (unpaired) electrons. The summed E-state index contributed by atoms with van der Waals surface area (Å²) in [5, 5.41) is 22.4. The maximum atomic E-state index is 12.8. The predicted octanol–water partition coefficient (Wildman–Crippen LogP) is 12.1. The SMILES string of the molecule is C=CCOC(=O)NC[C@@H](N)CCO.C=CCOC(=O)NC[C@H](CCO[Si](C)(C)C(C)(C)C)NC(=O)OC(C)(C)C.CC(C)(C)OC(=O)N[C@@H](CCO[Si](C)(C)C(C)(C)C)CN1C(=O)c2ccccc2C1=O.CC(C)(C)OC(=O)N[C@H](CN)CCO[Si](C)(C)C(C)(C)C.Cl. The molecule has 0 fully saturated rings. The van der Waals surface area contributed by atoms with E-state index in [9.17, 15) is 33.6 Å². The van der Waals surface area contributed by atoms with Crippen LogP contribution in [0.2, 0.25) is 54.4 Å². The number of imide groups is 1. The van der Waals surface area contributed by atoms with Crippen molar-refractivity contribution in [1.82, 2.24) is 31.5 Å². The number of amides is 7. The van der Waals surface area contributed by atoms with Gasteiger partial charge in [-0.05, 0) is 155 Å². The first-order chi connectivity index (χ1) is 41.8. The van der Waals surface area contributed by atoms with Gasteiger partial charge in [0.15, 0.2) is 25.0 Å². The van der Waals surface area contributed by atoms with Gasteiger partial charge in [-0.15, -0.1) is 12.4 Å². The Labute approximate surface area is 567 Å². The Kier molecular flexibility index (Phi) is 41.3. The van der Waals surface area contributed by atoms with E-state index < -0.39 is 78.3 Å². The Morgan fingerprint density at radius 1 is 0.527 bits per heavy atom. The molecule has 2 rings (SSSR count). The Morgan fingerprint density at radius 3 is 1.15 bits per heavy atom. The monoisotopic (exact) mass is 1390 g/mol. The van der Waals surface area contributed by atoms with Crippen molar-refractivity contribution in [3.05, 3.63) is 60.7 Å². The fourth-order valence-corrected chi connectivity index (χ4v) is 9.99. The lowest BCUT2D eigenvalue weighted by atomic mass is 10.1. The van der Waals surface area contributed by atoms with Crippen molar-refractivity contribution in [2.24, 2.45) is 11.5 Å². The molecule has 540 valence electrons. The lowest BCUT2D eigenvalue weighted by Crippen LogP contribution is -2.48. The molecule has 0 spiro atoms. The van der Waals surface area contributed by atoms with Crippen molar-refractivity contribution < 1.29 is 75.6 Å². The van der Waals surface area contributed by atoms with Crippen LogP contribution in [0.15, 0.2) is 49.6 Å². The highest BCUT2D eigenvalue weighted by Crippen LogP contribution is 2.38. The zero-order chi connectivity index (χ0) is 71.9. The standard InChI is InChI=1S/C23H36N2O5Si.C19H38N2O5Si.C15H34N2O3Si.C8H16N2O3.ClH/c1-22(2,3)30-21(28)24-16(13-14-29-31(7,8)23(4,5)6)15-25-19(26)17-11-9-10-12-18(17)20(25)27;1-10-12-24-16(22)20-14-15(21-17(23)26-18(2,3)4)11-13-25-27(8,9)19(5,6)7;1-14(2,3)20-13(18)17-12(11-16)9-10-19-21(7,8)15(4,5)6;1-2-5-13-8(12)10-6-7(9)3-4-11;/h9-12,16H,13-15H2,1-8H3,(H,24,28);10,15H,1,11-14H2,2-9H3,(H,20,22)(H,21,23);12H,9-11,16H2,1-8H3,(H,17,18);2,7,11H,1,3-6,9H2,(H,10,12);1H/t16-;15-;12-;7-;/m0000./s1. The van der Waals surface area contributed by atoms with Crippen LogP contribution in [0.4, 0.5) is 24.0 Å². The van der Waals surface area contributed by atoms with Gasteiger partial charge >= 0.3 is 30.5 Å². The number of rotatable bonds is 28. The van der Waals surface area contributed by atoms with Gasteiger partial charge in [0.2, 0.25) is 0 Å². The van der Waals surface area contributed by atoms with E-state index in [0.29, 0.717) is 69.7 Å². The number of nitrogens with two attached hydrogens (primary N) is 2. The number of aliphatic hydroxyl groups excluding tert-OH is 1. The molecule has 4 atom stereocenters. The van der Waals surface area contributed by atoms with Gasteiger partial charge < -0.3 is 80.1 Å². The fourth-order valence-electron chi connectivity index (χ4n) is 6.81. The first-order valence-corrected chi connectivity index (χ1v) is 40.5. The maximum Gasteiger partial charge on any atom is 0.407 e. The number of hydrogen-bond acceptors (Lipinski definition) is 18. The van der Waals surface area contributed by atoms with E-state index in [4.69, 9.17) is 48.8 Å². The third-order valence-corrected chi connectivity index (χ3v) is 28.7. The summed E-state index contributed by atoms with van der Waals surface area (Å²) in [7, 11) is -5.59. The van der Waals surface area contributed by atoms with E-state index in [1.54, 1.807) is 65.8 Å². The summed E-state index contributed by atoms with van der Waals surface area (Å²) in [6, 6.07) is 5.58. The third kappa shape index (κ3) is 40.8. The van der Waals surface area contributed by atoms with Crippen molar-refractivity contribution >= 4 is 79.6 Å². The molecule has 0 aliphatic carbocycles. The van der Waals surface area contributed by atoms with Gasteiger partial charge in [-0.2, -0.15) is 0 Å². The topological polar surface area (TPSA) is 329 Å². The number of alkyl carbamates (subject to hydrolysis) is 5. The lowest BCUT2D eigenvalue weighted by Gasteiger charge is -2.36. The summed E-state index contributed by atoms with van der Waals surface area (Å²) in [4.78, 5) is 85.4. The molecule has 28 heteroatoms. The number of benzene rings is 1. The average Bonchev–Trinajstić information content (AvgIpc) is 1.65. The Morgan fingerprint density at radius 2 is 0.839 bits per heavy atom. The molecule has 0 bridgehead atoms. The smallest absolute Gasteiger partial charge is 0.407 e. The van der Waals surface area contributed by atoms with E-state index in [2.05, 4.69) is 146 Å². The minimum absolute atomic E-state index is 0. The highest BCUT2D eigenvalue weighted by molar-refractivity contribution is 6.74. The number of fused-ring (bicyclic) bond motifs is 1. The van der Waals surface area contributed by atoms with E-state index in [1.165, 1.54) is 17.1 Å². The summed E-state index contributed by atoms with van der Waals surface area (Å²) in [5.74, 6) is -0.691. The molecule has 0 saturated carbocycles. The van der Waals surface area contributed by atoms with Crippen molar-refractivity contribution in [2.75, 3.05) is 65.8 Å². The molecule has 0 unspecified atom stereocenters. The minimum Gasteiger partial charge on any atom is -0.445 e. The molecule has 1 aliphatic rings. The second-order valence-corrected chi connectivity index (χ2v) is 44.5. The van der Waals surface area contributed by atoms with Gasteiger partial charge in [-0.3, -0.25) is 14.5 Å². The van der Waals surface area contributed by atoms with Gasteiger partial charge in [0, 0.05) is 64.7 Å². The Balaban J connectivity index is -0.00000120. The highest BCUT2D eigenvalue weighted by Gasteiger charge is 2.41. The maximum absolute atomic E-state index is 12.8. The highest BCUT2D eigenvalue weighted by atomic mass is 35.5. The largest absolute Gasteiger partial charge is 0.445 e. The molecule has 1 heterocycles. The minimum atomic E-state index is -1.96.